The molecule has 0 bridgehead atoms. The molecule has 0 saturated carbocycles. The van der Waals surface area contributed by atoms with Crippen LogP contribution in [0.2, 0.25) is 0 Å². The van der Waals surface area contributed by atoms with Crippen LogP contribution in [0.5, 0.6) is 0 Å². The maximum absolute atomic E-state index is 2.83. The van der Waals surface area contributed by atoms with E-state index in [1.54, 1.807) is 5.25 Å². The molecule has 0 amide bonds. The molecule has 0 radical (unpaired) electrons. The summed E-state index contributed by atoms with van der Waals surface area (Å²) in [6.07, 6.45) is 0. The van der Waals surface area contributed by atoms with Gasteiger partial charge in [-0.3, -0.25) is 0 Å². The third kappa shape index (κ3) is 4.05. The zero-order valence-corrected chi connectivity index (χ0v) is 24.4. The van der Waals surface area contributed by atoms with Crippen molar-refractivity contribution in [2.75, 3.05) is 0 Å². The molecule has 22 heavy (non-hydrogen) atoms. The van der Waals surface area contributed by atoms with Gasteiger partial charge in [0.05, 0.1) is 0 Å². The van der Waals surface area contributed by atoms with Crippen LogP contribution < -0.4 is 0 Å². The Morgan fingerprint density at radius 3 is 2.00 bits per heavy atom. The van der Waals surface area contributed by atoms with Gasteiger partial charge in [0.15, 0.2) is 0 Å². The predicted octanol–water partition coefficient (Wildman–Crippen LogP) is 6.70. The van der Waals surface area contributed by atoms with Gasteiger partial charge in [0.2, 0.25) is 0 Å². The van der Waals surface area contributed by atoms with Crippen LogP contribution in [-0.2, 0) is 0 Å². The molecule has 0 spiro atoms. The Labute approximate surface area is 192 Å². The molecule has 3 rings (SSSR count). The molecule has 0 unspecified atom stereocenters. The summed E-state index contributed by atoms with van der Waals surface area (Å²) in [6.45, 7) is 0. The second kappa shape index (κ2) is 8.41. The van der Waals surface area contributed by atoms with Crippen molar-refractivity contribution in [2.45, 2.75) is 0 Å². The first-order chi connectivity index (χ1) is 10.5. The van der Waals surface area contributed by atoms with E-state index in [2.05, 4.69) is 143 Å². The van der Waals surface area contributed by atoms with Crippen molar-refractivity contribution in [3.63, 3.8) is 0 Å². The molecule has 1 heterocycles. The van der Waals surface area contributed by atoms with E-state index in [1.807, 2.05) is 1.67 Å². The van der Waals surface area contributed by atoms with Gasteiger partial charge in [0.1, 0.15) is 0 Å². The van der Waals surface area contributed by atoms with Crippen LogP contribution in [0, 0.1) is 0 Å². The van der Waals surface area contributed by atoms with Gasteiger partial charge in [-0.15, -0.1) is 0 Å². The predicted molar refractivity (Wildman–Crippen MR) is 134 cm³/mol. The summed E-state index contributed by atoms with van der Waals surface area (Å²) in [4.78, 5) is 0. The Bertz CT molecular complexity index is 752. The van der Waals surface area contributed by atoms with Crippen molar-refractivity contribution in [2.24, 2.45) is 0 Å². The normalized spacial score (nSPS) is 20.9. The fraction of sp³-hybridized carbons (Fsp3) is 0. The molecular weight excluding hydrogens is 955 g/mol. The fourth-order valence-electron chi connectivity index (χ4n) is 2.08. The van der Waals surface area contributed by atoms with Crippen molar-refractivity contribution in [1.82, 2.24) is 0 Å². The number of rotatable bonds is 2. The van der Waals surface area contributed by atoms with E-state index in [0.717, 1.165) is 0 Å². The maximum atomic E-state index is 2.83. The van der Waals surface area contributed by atoms with Crippen molar-refractivity contribution in [3.8, 4) is 0 Å². The monoisotopic (exact) mass is 970 g/mol. The Hall–Kier alpha value is 2.42. The number of hydrogen-bond acceptors (Lipinski definition) is 0. The van der Waals surface area contributed by atoms with E-state index in [-0.39, 0.29) is 20.9 Å². The number of benzene rings is 2. The summed E-state index contributed by atoms with van der Waals surface area (Å²) in [6, 6.07) is 21.9. The molecule has 0 atom stereocenters. The summed E-state index contributed by atoms with van der Waals surface area (Å²) in [5.74, 6) is 0. The summed E-state index contributed by atoms with van der Waals surface area (Å²) < 4.78 is 6.71. The Kier molecular flexibility index (Phi) is 7.33. The standard InChI is InChI=1S/C16H10I4Te2/c17-13(11-7-3-1-4-8-11)16-21-15(18)14(22(16,19)20)12-9-5-2-6-10-12/h1-10H/b16-13+. The third-order valence-corrected chi connectivity index (χ3v) is 48.4. The molecule has 1 aliphatic rings. The van der Waals surface area contributed by atoms with Crippen molar-refractivity contribution in [1.29, 1.82) is 0 Å². The fourth-order valence-corrected chi connectivity index (χ4v) is 61.1. The zero-order chi connectivity index (χ0) is 15.7. The molecule has 114 valence electrons. The Morgan fingerprint density at radius 2 is 1.41 bits per heavy atom. The van der Waals surface area contributed by atoms with Crippen LogP contribution in [-0.4, -0.2) is 31.2 Å². The first-order valence-electron chi connectivity index (χ1n) is 6.32. The Balaban J connectivity index is 2.10. The average Bonchev–Trinajstić information content (AvgIpc) is 2.77. The number of hydrogen-bond donors (Lipinski definition) is 0. The van der Waals surface area contributed by atoms with Crippen LogP contribution in [0.25, 0.3) is 7.20 Å². The summed E-state index contributed by atoms with van der Waals surface area (Å²) in [5.41, 5.74) is 2.85. The van der Waals surface area contributed by atoms with Crippen molar-refractivity contribution < 1.29 is 0 Å². The SMILES string of the molecule is IC1=C(c2ccccc2)[Te](I)(I)/C(=C(/I)c2ccccc2)[Te]1. The van der Waals surface area contributed by atoms with Crippen LogP contribution in [0.4, 0.5) is 0 Å². The molecule has 2 aromatic carbocycles. The van der Waals surface area contributed by atoms with E-state index in [4.69, 9.17) is 0 Å². The molecule has 0 aromatic heterocycles. The first-order valence-corrected chi connectivity index (χ1v) is 26.7. The minimum atomic E-state index is -2.22. The van der Waals surface area contributed by atoms with E-state index in [1.165, 1.54) is 14.7 Å². The molecule has 2 aromatic rings. The molecule has 0 nitrogen and oxygen atoms in total. The average molecular weight is 965 g/mol. The summed E-state index contributed by atoms with van der Waals surface area (Å²) in [7, 11) is -2.22. The number of halogens is 4. The van der Waals surface area contributed by atoms with E-state index >= 15 is 0 Å². The van der Waals surface area contributed by atoms with Crippen LogP contribution in [0.3, 0.4) is 0 Å². The van der Waals surface area contributed by atoms with E-state index in [0.29, 0.717) is 0 Å². The Morgan fingerprint density at radius 1 is 0.864 bits per heavy atom. The van der Waals surface area contributed by atoms with E-state index < -0.39 is 10.3 Å². The van der Waals surface area contributed by atoms with Gasteiger partial charge in [-0.05, 0) is 0 Å². The molecule has 0 aliphatic carbocycles. The second-order valence-electron chi connectivity index (χ2n) is 4.51. The minimum absolute atomic E-state index is 0.206. The van der Waals surface area contributed by atoms with Crippen molar-refractivity contribution >= 4 is 121 Å². The summed E-state index contributed by atoms with van der Waals surface area (Å²) in [5, 5.41) is 0. The third-order valence-electron chi connectivity index (χ3n) is 3.09. The second-order valence-corrected chi connectivity index (χ2v) is 48.4. The van der Waals surface area contributed by atoms with Gasteiger partial charge in [0.25, 0.3) is 0 Å². The van der Waals surface area contributed by atoms with Gasteiger partial charge >= 0.3 is 196 Å². The molecule has 0 saturated heterocycles. The topological polar surface area (TPSA) is 0 Å². The van der Waals surface area contributed by atoms with Gasteiger partial charge in [-0.25, -0.2) is 0 Å². The van der Waals surface area contributed by atoms with Gasteiger partial charge in [-0.2, -0.15) is 0 Å². The van der Waals surface area contributed by atoms with Gasteiger partial charge < -0.3 is 0 Å². The van der Waals surface area contributed by atoms with Gasteiger partial charge in [-0.1, -0.05) is 0 Å². The first kappa shape index (κ1) is 19.2. The molecular formula is C16H10I4Te2. The summed E-state index contributed by atoms with van der Waals surface area (Å²) >= 11 is 10.7. The quantitative estimate of drug-likeness (QED) is 0.233. The van der Waals surface area contributed by atoms with Gasteiger partial charge in [0, 0.05) is 0 Å². The molecule has 0 N–H and O–H groups in total. The van der Waals surface area contributed by atoms with Crippen molar-refractivity contribution in [3.05, 3.63) is 75.1 Å². The molecule has 6 heteroatoms. The zero-order valence-electron chi connectivity index (χ0n) is 11.1. The van der Waals surface area contributed by atoms with Crippen LogP contribution in [0.15, 0.2) is 64.0 Å². The van der Waals surface area contributed by atoms with Crippen LogP contribution in [0.1, 0.15) is 11.1 Å². The molecule has 0 fully saturated rings. The van der Waals surface area contributed by atoms with E-state index in [9.17, 15) is 0 Å². The molecule has 1 aliphatic heterocycles. The van der Waals surface area contributed by atoms with Crippen LogP contribution >= 0.6 is 82.6 Å².